The van der Waals surface area contributed by atoms with Crippen LogP contribution in [0.4, 0.5) is 0 Å². The first kappa shape index (κ1) is 17.5. The lowest BCUT2D eigenvalue weighted by Gasteiger charge is -2.22. The molecule has 0 heteroatoms. The monoisotopic (exact) mass is 250 g/mol. The zero-order valence-corrected chi connectivity index (χ0v) is 13.7. The van der Waals surface area contributed by atoms with Crippen LogP contribution < -0.4 is 0 Å². The fourth-order valence-electron chi connectivity index (χ4n) is 2.20. The second-order valence-electron chi connectivity index (χ2n) is 5.95. The summed E-state index contributed by atoms with van der Waals surface area (Å²) in [7, 11) is 0. The Morgan fingerprint density at radius 2 is 1.56 bits per heavy atom. The zero-order chi connectivity index (χ0) is 14.1. The van der Waals surface area contributed by atoms with Gasteiger partial charge >= 0.3 is 0 Å². The van der Waals surface area contributed by atoms with Gasteiger partial charge in [0.05, 0.1) is 0 Å². The SMILES string of the molecule is CC.CC1=CC=C([C@@H](C)CC[C@H](C)C(C)C)CC1. The van der Waals surface area contributed by atoms with Crippen LogP contribution in [-0.4, -0.2) is 0 Å². The zero-order valence-electron chi connectivity index (χ0n) is 13.7. The molecule has 0 radical (unpaired) electrons. The van der Waals surface area contributed by atoms with E-state index in [4.69, 9.17) is 0 Å². The molecule has 0 bridgehead atoms. The normalized spacial score (nSPS) is 18.4. The highest BCUT2D eigenvalue weighted by Crippen LogP contribution is 2.29. The van der Waals surface area contributed by atoms with Crippen molar-refractivity contribution in [1.82, 2.24) is 0 Å². The Morgan fingerprint density at radius 3 is 2.00 bits per heavy atom. The van der Waals surface area contributed by atoms with Crippen LogP contribution in [0.15, 0.2) is 23.3 Å². The second-order valence-corrected chi connectivity index (χ2v) is 5.95. The van der Waals surface area contributed by atoms with Gasteiger partial charge < -0.3 is 0 Å². The Hall–Kier alpha value is -0.520. The van der Waals surface area contributed by atoms with E-state index in [1.54, 1.807) is 5.57 Å². The summed E-state index contributed by atoms with van der Waals surface area (Å²) in [6, 6.07) is 0. The number of rotatable bonds is 5. The molecule has 1 aliphatic rings. The topological polar surface area (TPSA) is 0 Å². The summed E-state index contributed by atoms with van der Waals surface area (Å²) in [4.78, 5) is 0. The lowest BCUT2D eigenvalue weighted by atomic mass is 9.84. The second kappa shape index (κ2) is 9.42. The minimum Gasteiger partial charge on any atom is -0.0730 e. The summed E-state index contributed by atoms with van der Waals surface area (Å²) in [5, 5.41) is 0. The van der Waals surface area contributed by atoms with E-state index in [9.17, 15) is 0 Å². The molecule has 106 valence electrons. The van der Waals surface area contributed by atoms with Crippen molar-refractivity contribution < 1.29 is 0 Å². The van der Waals surface area contributed by atoms with Crippen LogP contribution in [0.5, 0.6) is 0 Å². The van der Waals surface area contributed by atoms with Crippen molar-refractivity contribution in [3.8, 4) is 0 Å². The maximum absolute atomic E-state index is 2.40. The molecule has 0 nitrogen and oxygen atoms in total. The van der Waals surface area contributed by atoms with Gasteiger partial charge in [-0.3, -0.25) is 0 Å². The van der Waals surface area contributed by atoms with Crippen molar-refractivity contribution in [1.29, 1.82) is 0 Å². The Balaban J connectivity index is 0.00000137. The number of hydrogen-bond acceptors (Lipinski definition) is 0. The van der Waals surface area contributed by atoms with E-state index in [0.717, 1.165) is 17.8 Å². The number of allylic oxidation sites excluding steroid dienone is 4. The van der Waals surface area contributed by atoms with Crippen molar-refractivity contribution in [2.24, 2.45) is 17.8 Å². The molecule has 1 aliphatic carbocycles. The highest BCUT2D eigenvalue weighted by atomic mass is 14.2. The van der Waals surface area contributed by atoms with Gasteiger partial charge in [-0.05, 0) is 50.4 Å². The minimum absolute atomic E-state index is 0.783. The first-order valence-corrected chi connectivity index (χ1v) is 7.87. The molecule has 0 aromatic rings. The van der Waals surface area contributed by atoms with Crippen LogP contribution in [-0.2, 0) is 0 Å². The fraction of sp³-hybridized carbons (Fsp3) is 0.778. The molecule has 0 unspecified atom stereocenters. The average molecular weight is 250 g/mol. The van der Waals surface area contributed by atoms with Crippen molar-refractivity contribution in [3.05, 3.63) is 23.3 Å². The molecule has 0 aromatic heterocycles. The standard InChI is InChI=1S/C16H28.C2H6/c1-12(2)14(4)8-9-15(5)16-10-6-13(3)7-11-16;1-2/h6,10,12,14-15H,7-9,11H2,1-5H3;1-2H3/t14-,15-;/m0./s1. The third-order valence-electron chi connectivity index (χ3n) is 4.22. The molecule has 0 spiro atoms. The Bertz CT molecular complexity index is 268. The summed E-state index contributed by atoms with van der Waals surface area (Å²) < 4.78 is 0. The third-order valence-corrected chi connectivity index (χ3v) is 4.22. The van der Waals surface area contributed by atoms with Crippen LogP contribution in [0.3, 0.4) is 0 Å². The van der Waals surface area contributed by atoms with Crippen LogP contribution in [0.1, 0.15) is 74.1 Å². The molecule has 0 aliphatic heterocycles. The molecule has 0 aromatic carbocycles. The molecule has 0 saturated carbocycles. The van der Waals surface area contributed by atoms with E-state index in [1.165, 1.54) is 31.3 Å². The van der Waals surface area contributed by atoms with Gasteiger partial charge in [0.15, 0.2) is 0 Å². The van der Waals surface area contributed by atoms with E-state index in [0.29, 0.717) is 0 Å². The maximum atomic E-state index is 2.40. The molecular formula is C18H34. The quantitative estimate of drug-likeness (QED) is 0.530. The highest BCUT2D eigenvalue weighted by molar-refractivity contribution is 5.24. The van der Waals surface area contributed by atoms with Gasteiger partial charge in [0, 0.05) is 0 Å². The van der Waals surface area contributed by atoms with Crippen LogP contribution in [0, 0.1) is 17.8 Å². The summed E-state index contributed by atoms with van der Waals surface area (Å²) >= 11 is 0. The lowest BCUT2D eigenvalue weighted by Crippen LogP contribution is -2.08. The highest BCUT2D eigenvalue weighted by Gasteiger charge is 2.14. The van der Waals surface area contributed by atoms with E-state index >= 15 is 0 Å². The van der Waals surface area contributed by atoms with E-state index < -0.39 is 0 Å². The van der Waals surface area contributed by atoms with Gasteiger partial charge in [0.1, 0.15) is 0 Å². The summed E-state index contributed by atoms with van der Waals surface area (Å²) in [6.07, 6.45) is 9.97. The van der Waals surface area contributed by atoms with Crippen molar-refractivity contribution in [2.75, 3.05) is 0 Å². The van der Waals surface area contributed by atoms with Crippen LogP contribution >= 0.6 is 0 Å². The van der Waals surface area contributed by atoms with E-state index in [1.807, 2.05) is 13.8 Å². The summed E-state index contributed by atoms with van der Waals surface area (Å²) in [5.74, 6) is 2.48. The molecule has 1 rings (SSSR count). The van der Waals surface area contributed by atoms with E-state index in [-0.39, 0.29) is 0 Å². The van der Waals surface area contributed by atoms with Gasteiger partial charge in [-0.15, -0.1) is 0 Å². The summed E-state index contributed by atoms with van der Waals surface area (Å²) in [5.41, 5.74) is 3.20. The molecule has 0 saturated heterocycles. The molecule has 0 fully saturated rings. The van der Waals surface area contributed by atoms with Gasteiger partial charge in [-0.1, -0.05) is 64.8 Å². The smallest absolute Gasteiger partial charge is 0.0228 e. The predicted molar refractivity (Wildman–Crippen MR) is 84.8 cm³/mol. The molecule has 18 heavy (non-hydrogen) atoms. The molecule has 0 N–H and O–H groups in total. The molecule has 2 atom stereocenters. The largest absolute Gasteiger partial charge is 0.0730 e. The maximum Gasteiger partial charge on any atom is -0.0228 e. The van der Waals surface area contributed by atoms with Crippen molar-refractivity contribution in [3.63, 3.8) is 0 Å². The van der Waals surface area contributed by atoms with Gasteiger partial charge in [-0.2, -0.15) is 0 Å². The Kier molecular flexibility index (Phi) is 9.14. The minimum atomic E-state index is 0.783. The van der Waals surface area contributed by atoms with Gasteiger partial charge in [0.25, 0.3) is 0 Å². The molecular weight excluding hydrogens is 216 g/mol. The predicted octanol–water partition coefficient (Wildman–Crippen LogP) is 6.39. The first-order valence-electron chi connectivity index (χ1n) is 7.87. The van der Waals surface area contributed by atoms with Crippen molar-refractivity contribution >= 4 is 0 Å². The third kappa shape index (κ3) is 6.42. The number of hydrogen-bond donors (Lipinski definition) is 0. The van der Waals surface area contributed by atoms with Crippen molar-refractivity contribution in [2.45, 2.75) is 74.1 Å². The molecule has 0 heterocycles. The Labute approximate surface area is 116 Å². The fourth-order valence-corrected chi connectivity index (χ4v) is 2.20. The van der Waals surface area contributed by atoms with E-state index in [2.05, 4.69) is 46.8 Å². The van der Waals surface area contributed by atoms with Gasteiger partial charge in [-0.25, -0.2) is 0 Å². The Morgan fingerprint density at radius 1 is 0.944 bits per heavy atom. The van der Waals surface area contributed by atoms with Crippen LogP contribution in [0.2, 0.25) is 0 Å². The first-order chi connectivity index (χ1) is 8.50. The average Bonchev–Trinajstić information content (AvgIpc) is 2.38. The van der Waals surface area contributed by atoms with Gasteiger partial charge in [0.2, 0.25) is 0 Å². The van der Waals surface area contributed by atoms with Crippen LogP contribution in [0.25, 0.3) is 0 Å². The lowest BCUT2D eigenvalue weighted by molar-refractivity contribution is 0.361. The summed E-state index contributed by atoms with van der Waals surface area (Å²) in [6.45, 7) is 15.7. The molecule has 0 amide bonds.